The van der Waals surface area contributed by atoms with E-state index >= 15 is 0 Å². The molecular formula is C13H21N3O2. The smallest absolute Gasteiger partial charge is 0.224 e. The second-order valence-electron chi connectivity index (χ2n) is 4.92. The lowest BCUT2D eigenvalue weighted by molar-refractivity contribution is -0.131. The quantitative estimate of drug-likeness (QED) is 0.804. The molecule has 0 radical (unpaired) electrons. The number of nitrogens with zero attached hydrogens (tertiary/aromatic N) is 3. The fourth-order valence-corrected chi connectivity index (χ4v) is 2.56. The van der Waals surface area contributed by atoms with E-state index in [1.54, 1.807) is 7.11 Å². The Balaban J connectivity index is 1.96. The van der Waals surface area contributed by atoms with Gasteiger partial charge in [0.25, 0.3) is 0 Å². The standard InChI is InChI=1S/C13H21N3O2/c1-10-8-15(2)13(14-10)11-4-6-16(9-11)12(17)5-7-18-3/h8,11H,4-7,9H2,1-3H3/t11-/m0/s1. The zero-order chi connectivity index (χ0) is 13.1. The van der Waals surface area contributed by atoms with Crippen molar-refractivity contribution < 1.29 is 9.53 Å². The summed E-state index contributed by atoms with van der Waals surface area (Å²) in [7, 11) is 3.64. The van der Waals surface area contributed by atoms with Gasteiger partial charge in [-0.2, -0.15) is 0 Å². The van der Waals surface area contributed by atoms with Crippen LogP contribution in [-0.4, -0.2) is 47.2 Å². The van der Waals surface area contributed by atoms with Gasteiger partial charge < -0.3 is 14.2 Å². The molecule has 1 amide bonds. The number of aromatic nitrogens is 2. The van der Waals surface area contributed by atoms with Crippen LogP contribution in [0.3, 0.4) is 0 Å². The van der Waals surface area contributed by atoms with Gasteiger partial charge in [-0.3, -0.25) is 4.79 Å². The van der Waals surface area contributed by atoms with Crippen LogP contribution >= 0.6 is 0 Å². The predicted molar refractivity (Wildman–Crippen MR) is 68.4 cm³/mol. The van der Waals surface area contributed by atoms with Crippen LogP contribution in [0.15, 0.2) is 6.20 Å². The van der Waals surface area contributed by atoms with Crippen LogP contribution in [0.2, 0.25) is 0 Å². The predicted octanol–water partition coefficient (Wildman–Crippen LogP) is 1.08. The molecule has 0 unspecified atom stereocenters. The van der Waals surface area contributed by atoms with Gasteiger partial charge in [0, 0.05) is 39.4 Å². The molecule has 0 aliphatic carbocycles. The van der Waals surface area contributed by atoms with Crippen LogP contribution in [0.4, 0.5) is 0 Å². The lowest BCUT2D eigenvalue weighted by Gasteiger charge is -2.16. The summed E-state index contributed by atoms with van der Waals surface area (Å²) in [5, 5.41) is 0. The van der Waals surface area contributed by atoms with Crippen molar-refractivity contribution in [3.8, 4) is 0 Å². The summed E-state index contributed by atoms with van der Waals surface area (Å²) in [6.07, 6.45) is 3.51. The molecule has 1 fully saturated rings. The Bertz CT molecular complexity index is 428. The summed E-state index contributed by atoms with van der Waals surface area (Å²) in [5.41, 5.74) is 1.04. The van der Waals surface area contributed by atoms with Gasteiger partial charge in [-0.1, -0.05) is 0 Å². The maximum absolute atomic E-state index is 11.9. The van der Waals surface area contributed by atoms with Crippen LogP contribution in [0, 0.1) is 6.92 Å². The average molecular weight is 251 g/mol. The third kappa shape index (κ3) is 2.72. The molecule has 1 aromatic rings. The van der Waals surface area contributed by atoms with Crippen molar-refractivity contribution in [2.24, 2.45) is 7.05 Å². The van der Waals surface area contributed by atoms with Crippen molar-refractivity contribution in [2.45, 2.75) is 25.7 Å². The number of methoxy groups -OCH3 is 1. The first-order valence-electron chi connectivity index (χ1n) is 6.38. The van der Waals surface area contributed by atoms with E-state index in [1.165, 1.54) is 0 Å². The summed E-state index contributed by atoms with van der Waals surface area (Å²) >= 11 is 0. The maximum atomic E-state index is 11.9. The lowest BCUT2D eigenvalue weighted by atomic mass is 10.1. The highest BCUT2D eigenvalue weighted by Gasteiger charge is 2.29. The molecular weight excluding hydrogens is 230 g/mol. The van der Waals surface area contributed by atoms with Gasteiger partial charge in [-0.25, -0.2) is 4.98 Å². The molecule has 18 heavy (non-hydrogen) atoms. The van der Waals surface area contributed by atoms with E-state index in [0.29, 0.717) is 18.9 Å². The van der Waals surface area contributed by atoms with Gasteiger partial charge in [0.2, 0.25) is 5.91 Å². The molecule has 0 spiro atoms. The Morgan fingerprint density at radius 2 is 2.39 bits per heavy atom. The molecule has 1 aromatic heterocycles. The third-order valence-electron chi connectivity index (χ3n) is 3.46. The average Bonchev–Trinajstić information content (AvgIpc) is 2.92. The van der Waals surface area contributed by atoms with Gasteiger partial charge in [0.1, 0.15) is 5.82 Å². The molecule has 1 atom stereocenters. The Morgan fingerprint density at radius 3 is 3.00 bits per heavy atom. The van der Waals surface area contributed by atoms with E-state index in [4.69, 9.17) is 4.74 Å². The summed E-state index contributed by atoms with van der Waals surface area (Å²) < 4.78 is 7.01. The van der Waals surface area contributed by atoms with E-state index in [-0.39, 0.29) is 5.91 Å². The zero-order valence-electron chi connectivity index (χ0n) is 11.3. The Morgan fingerprint density at radius 1 is 1.61 bits per heavy atom. The zero-order valence-corrected chi connectivity index (χ0v) is 11.3. The SMILES string of the molecule is COCCC(=O)N1CC[C@H](c2nc(C)cn2C)C1. The van der Waals surface area contributed by atoms with Gasteiger partial charge in [0.15, 0.2) is 0 Å². The molecule has 2 heterocycles. The molecule has 5 nitrogen and oxygen atoms in total. The first-order chi connectivity index (χ1) is 8.61. The molecule has 0 aromatic carbocycles. The van der Waals surface area contributed by atoms with Crippen LogP contribution in [0.25, 0.3) is 0 Å². The topological polar surface area (TPSA) is 47.4 Å². The molecule has 0 saturated carbocycles. The fraction of sp³-hybridized carbons (Fsp3) is 0.692. The number of hydrogen-bond donors (Lipinski definition) is 0. The minimum Gasteiger partial charge on any atom is -0.384 e. The van der Waals surface area contributed by atoms with Crippen molar-refractivity contribution in [1.82, 2.24) is 14.5 Å². The van der Waals surface area contributed by atoms with Gasteiger partial charge >= 0.3 is 0 Å². The van der Waals surface area contributed by atoms with E-state index in [9.17, 15) is 4.79 Å². The van der Waals surface area contributed by atoms with Crippen molar-refractivity contribution >= 4 is 5.91 Å². The largest absolute Gasteiger partial charge is 0.384 e. The van der Waals surface area contributed by atoms with Crippen molar-refractivity contribution in [3.05, 3.63) is 17.7 Å². The molecule has 100 valence electrons. The number of carbonyl (C=O) groups excluding carboxylic acids is 1. The number of rotatable bonds is 4. The highest BCUT2D eigenvalue weighted by atomic mass is 16.5. The van der Waals surface area contributed by atoms with E-state index < -0.39 is 0 Å². The maximum Gasteiger partial charge on any atom is 0.224 e. The Labute approximate surface area is 108 Å². The third-order valence-corrected chi connectivity index (χ3v) is 3.46. The number of aryl methyl sites for hydroxylation is 2. The van der Waals surface area contributed by atoms with E-state index in [2.05, 4.69) is 9.55 Å². The fourth-order valence-electron chi connectivity index (χ4n) is 2.56. The van der Waals surface area contributed by atoms with Crippen molar-refractivity contribution in [2.75, 3.05) is 26.8 Å². The highest BCUT2D eigenvalue weighted by Crippen LogP contribution is 2.26. The second kappa shape index (κ2) is 5.52. The van der Waals surface area contributed by atoms with Crippen molar-refractivity contribution in [3.63, 3.8) is 0 Å². The highest BCUT2D eigenvalue weighted by molar-refractivity contribution is 5.76. The van der Waals surface area contributed by atoms with Gasteiger partial charge in [0.05, 0.1) is 18.7 Å². The Kier molecular flexibility index (Phi) is 4.01. The molecule has 1 aliphatic rings. The number of ether oxygens (including phenoxy) is 1. The summed E-state index contributed by atoms with van der Waals surface area (Å²) in [6.45, 7) is 4.12. The number of likely N-dealkylation sites (tertiary alicyclic amines) is 1. The molecule has 2 rings (SSSR count). The normalized spacial score (nSPS) is 19.5. The lowest BCUT2D eigenvalue weighted by Crippen LogP contribution is -2.29. The Hall–Kier alpha value is -1.36. The number of amides is 1. The van der Waals surface area contributed by atoms with Gasteiger partial charge in [-0.15, -0.1) is 0 Å². The number of carbonyl (C=O) groups is 1. The van der Waals surface area contributed by atoms with Crippen LogP contribution in [0.1, 0.15) is 30.3 Å². The first-order valence-corrected chi connectivity index (χ1v) is 6.38. The molecule has 1 aliphatic heterocycles. The summed E-state index contributed by atoms with van der Waals surface area (Å²) in [5.74, 6) is 1.65. The van der Waals surface area contributed by atoms with Crippen LogP contribution < -0.4 is 0 Å². The number of imidazole rings is 1. The first kappa shape index (κ1) is 13.1. The van der Waals surface area contributed by atoms with E-state index in [0.717, 1.165) is 31.0 Å². The van der Waals surface area contributed by atoms with Crippen LogP contribution in [-0.2, 0) is 16.6 Å². The minimum absolute atomic E-state index is 0.185. The minimum atomic E-state index is 0.185. The summed E-state index contributed by atoms with van der Waals surface area (Å²) in [4.78, 5) is 18.4. The van der Waals surface area contributed by atoms with Gasteiger partial charge in [-0.05, 0) is 13.3 Å². The van der Waals surface area contributed by atoms with Crippen molar-refractivity contribution in [1.29, 1.82) is 0 Å². The molecule has 5 heteroatoms. The van der Waals surface area contributed by atoms with Crippen LogP contribution in [0.5, 0.6) is 0 Å². The molecule has 0 bridgehead atoms. The molecule has 0 N–H and O–H groups in total. The second-order valence-corrected chi connectivity index (χ2v) is 4.92. The van der Waals surface area contributed by atoms with E-state index in [1.807, 2.05) is 25.1 Å². The summed E-state index contributed by atoms with van der Waals surface area (Å²) in [6, 6.07) is 0. The number of hydrogen-bond acceptors (Lipinski definition) is 3. The molecule has 1 saturated heterocycles. The monoisotopic (exact) mass is 251 g/mol.